The van der Waals surface area contributed by atoms with Crippen LogP contribution in [0.1, 0.15) is 18.2 Å². The van der Waals surface area contributed by atoms with E-state index in [4.69, 9.17) is 0 Å². The van der Waals surface area contributed by atoms with Crippen LogP contribution in [0, 0.1) is 6.92 Å². The lowest BCUT2D eigenvalue weighted by atomic mass is 10.2. The molecule has 1 aliphatic rings. The number of nitrogens with zero attached hydrogens (tertiary/aromatic N) is 3. The minimum atomic E-state index is -0.0705. The Hall–Kier alpha value is -2.25. The first-order valence-corrected chi connectivity index (χ1v) is 8.72. The van der Waals surface area contributed by atoms with Crippen LogP contribution < -0.4 is 10.2 Å². The van der Waals surface area contributed by atoms with Crippen LogP contribution in [0.4, 0.5) is 10.8 Å². The van der Waals surface area contributed by atoms with Crippen molar-refractivity contribution in [3.05, 3.63) is 40.9 Å². The first-order valence-electron chi connectivity index (χ1n) is 7.84. The van der Waals surface area contributed by atoms with Crippen molar-refractivity contribution in [2.75, 3.05) is 24.5 Å². The number of hydrogen-bond acceptors (Lipinski definition) is 5. The maximum atomic E-state index is 12.1. The summed E-state index contributed by atoms with van der Waals surface area (Å²) in [5.74, 6) is -0.0272. The Labute approximate surface area is 145 Å². The molecule has 0 unspecified atom stereocenters. The molecule has 3 rings (SSSR count). The summed E-state index contributed by atoms with van der Waals surface area (Å²) in [6, 6.07) is 7.81. The number of aromatic nitrogens is 1. The van der Waals surface area contributed by atoms with Crippen molar-refractivity contribution in [2.24, 2.45) is 0 Å². The fourth-order valence-electron chi connectivity index (χ4n) is 2.72. The number of nitrogens with one attached hydrogen (secondary N) is 1. The summed E-state index contributed by atoms with van der Waals surface area (Å²) in [6.07, 6.45) is 0. The average molecular weight is 344 g/mol. The minimum absolute atomic E-state index is 0.0434. The van der Waals surface area contributed by atoms with Crippen molar-refractivity contribution < 1.29 is 9.59 Å². The first kappa shape index (κ1) is 16.6. The third kappa shape index (κ3) is 3.80. The molecule has 2 amide bonds. The predicted octanol–water partition coefficient (Wildman–Crippen LogP) is 2.07. The zero-order valence-corrected chi connectivity index (χ0v) is 14.6. The van der Waals surface area contributed by atoms with Crippen molar-refractivity contribution in [1.29, 1.82) is 0 Å². The smallest absolute Gasteiger partial charge is 0.234 e. The van der Waals surface area contributed by atoms with E-state index in [0.29, 0.717) is 24.8 Å². The van der Waals surface area contributed by atoms with E-state index in [1.165, 1.54) is 11.3 Å². The van der Waals surface area contributed by atoms with Crippen molar-refractivity contribution in [3.63, 3.8) is 0 Å². The Balaban J connectivity index is 1.79. The molecule has 126 valence electrons. The predicted molar refractivity (Wildman–Crippen MR) is 94.4 cm³/mol. The fourth-order valence-corrected chi connectivity index (χ4v) is 3.60. The highest BCUT2D eigenvalue weighted by Gasteiger charge is 2.20. The first-order chi connectivity index (χ1) is 11.5. The van der Waals surface area contributed by atoms with E-state index in [1.807, 2.05) is 36.6 Å². The molecule has 0 spiro atoms. The van der Waals surface area contributed by atoms with E-state index in [1.54, 1.807) is 11.8 Å². The van der Waals surface area contributed by atoms with Gasteiger partial charge in [-0.1, -0.05) is 12.1 Å². The molecule has 0 atom stereocenters. The maximum absolute atomic E-state index is 12.1. The fraction of sp³-hybridized carbons (Fsp3) is 0.353. The number of benzene rings is 1. The summed E-state index contributed by atoms with van der Waals surface area (Å²) >= 11 is 1.44. The molecule has 1 N–H and O–H groups in total. The van der Waals surface area contributed by atoms with Crippen LogP contribution in [0.15, 0.2) is 29.6 Å². The summed E-state index contributed by atoms with van der Waals surface area (Å²) in [7, 11) is 0. The highest BCUT2D eigenvalue weighted by molar-refractivity contribution is 7.14. The largest absolute Gasteiger partial charge is 0.354 e. The van der Waals surface area contributed by atoms with Gasteiger partial charge in [0, 0.05) is 31.9 Å². The second-order valence-corrected chi connectivity index (χ2v) is 6.71. The number of amides is 2. The number of aryl methyl sites for hydroxylation is 1. The standard InChI is InChI=1S/C17H20N4O2S/c1-12-4-3-5-15(8-12)21(13(2)22)17-19-14(11-24-17)9-20-7-6-18-16(23)10-20/h3-5,8,11H,6-7,9-10H2,1-2H3,(H,18,23). The van der Waals surface area contributed by atoms with Gasteiger partial charge in [-0.15, -0.1) is 11.3 Å². The van der Waals surface area contributed by atoms with E-state index >= 15 is 0 Å². The molecule has 1 aromatic heterocycles. The summed E-state index contributed by atoms with van der Waals surface area (Å²) in [6.45, 7) is 6.02. The molecule has 7 heteroatoms. The topological polar surface area (TPSA) is 65.5 Å². The molecule has 1 aliphatic heterocycles. The van der Waals surface area contributed by atoms with Crippen molar-refractivity contribution in [1.82, 2.24) is 15.2 Å². The lowest BCUT2D eigenvalue weighted by molar-refractivity contribution is -0.124. The zero-order chi connectivity index (χ0) is 17.1. The molecule has 6 nitrogen and oxygen atoms in total. The zero-order valence-electron chi connectivity index (χ0n) is 13.8. The molecule has 0 saturated carbocycles. The molecule has 0 aliphatic carbocycles. The van der Waals surface area contributed by atoms with Crippen molar-refractivity contribution >= 4 is 34.0 Å². The third-order valence-electron chi connectivity index (χ3n) is 3.81. The van der Waals surface area contributed by atoms with E-state index in [2.05, 4.69) is 15.2 Å². The van der Waals surface area contributed by atoms with Gasteiger partial charge in [0.05, 0.1) is 17.9 Å². The molecule has 24 heavy (non-hydrogen) atoms. The van der Waals surface area contributed by atoms with Gasteiger partial charge in [-0.25, -0.2) is 4.98 Å². The highest BCUT2D eigenvalue weighted by Crippen LogP contribution is 2.29. The van der Waals surface area contributed by atoms with Crippen LogP contribution >= 0.6 is 11.3 Å². The minimum Gasteiger partial charge on any atom is -0.354 e. The average Bonchev–Trinajstić information content (AvgIpc) is 2.95. The second kappa shape index (κ2) is 7.11. The van der Waals surface area contributed by atoms with E-state index < -0.39 is 0 Å². The molecule has 0 bridgehead atoms. The van der Waals surface area contributed by atoms with Gasteiger partial charge in [-0.2, -0.15) is 0 Å². The quantitative estimate of drug-likeness (QED) is 0.922. The molecule has 1 aromatic carbocycles. The summed E-state index contributed by atoms with van der Waals surface area (Å²) in [5.41, 5.74) is 2.79. The van der Waals surface area contributed by atoms with Crippen LogP contribution in [-0.4, -0.2) is 41.3 Å². The Kier molecular flexibility index (Phi) is 4.92. The Morgan fingerprint density at radius 2 is 2.29 bits per heavy atom. The van der Waals surface area contributed by atoms with Gasteiger partial charge < -0.3 is 5.32 Å². The van der Waals surface area contributed by atoms with Gasteiger partial charge in [-0.3, -0.25) is 19.4 Å². The number of carbonyl (C=O) groups excluding carboxylic acids is 2. The van der Waals surface area contributed by atoms with Gasteiger partial charge in [0.15, 0.2) is 5.13 Å². The SMILES string of the molecule is CC(=O)N(c1cccc(C)c1)c1nc(CN2CCNC(=O)C2)cs1. The number of hydrogen-bond donors (Lipinski definition) is 1. The maximum Gasteiger partial charge on any atom is 0.234 e. The number of carbonyl (C=O) groups is 2. The number of piperazine rings is 1. The summed E-state index contributed by atoms with van der Waals surface area (Å²) in [4.78, 5) is 31.9. The van der Waals surface area contributed by atoms with Gasteiger partial charge in [0.1, 0.15) is 0 Å². The van der Waals surface area contributed by atoms with E-state index in [-0.39, 0.29) is 11.8 Å². The number of rotatable bonds is 4. The van der Waals surface area contributed by atoms with Crippen LogP contribution in [0.5, 0.6) is 0 Å². The highest BCUT2D eigenvalue weighted by atomic mass is 32.1. The Bertz CT molecular complexity index is 759. The van der Waals surface area contributed by atoms with Crippen LogP contribution in [0.2, 0.25) is 0 Å². The molecular formula is C17H20N4O2S. The monoisotopic (exact) mass is 344 g/mol. The summed E-state index contributed by atoms with van der Waals surface area (Å²) in [5, 5.41) is 5.42. The van der Waals surface area contributed by atoms with E-state index in [0.717, 1.165) is 23.5 Å². The van der Waals surface area contributed by atoms with E-state index in [9.17, 15) is 9.59 Å². The van der Waals surface area contributed by atoms with Crippen molar-refractivity contribution in [3.8, 4) is 0 Å². The van der Waals surface area contributed by atoms with Gasteiger partial charge in [0.2, 0.25) is 11.8 Å². The molecule has 2 aromatic rings. The lowest BCUT2D eigenvalue weighted by Gasteiger charge is -2.25. The summed E-state index contributed by atoms with van der Waals surface area (Å²) < 4.78 is 0. The normalized spacial score (nSPS) is 15.2. The van der Waals surface area contributed by atoms with Crippen LogP contribution in [0.25, 0.3) is 0 Å². The molecule has 1 saturated heterocycles. The Morgan fingerprint density at radius 3 is 3.00 bits per heavy atom. The molecule has 1 fully saturated rings. The van der Waals surface area contributed by atoms with Gasteiger partial charge in [0.25, 0.3) is 0 Å². The number of anilines is 2. The van der Waals surface area contributed by atoms with Gasteiger partial charge in [-0.05, 0) is 24.6 Å². The second-order valence-electron chi connectivity index (χ2n) is 5.88. The number of thiazole rings is 1. The molecular weight excluding hydrogens is 324 g/mol. The molecule has 0 radical (unpaired) electrons. The van der Waals surface area contributed by atoms with Crippen molar-refractivity contribution in [2.45, 2.75) is 20.4 Å². The third-order valence-corrected chi connectivity index (χ3v) is 4.68. The molecule has 2 heterocycles. The van der Waals surface area contributed by atoms with Gasteiger partial charge >= 0.3 is 0 Å². The van der Waals surface area contributed by atoms with Crippen LogP contribution in [-0.2, 0) is 16.1 Å². The lowest BCUT2D eigenvalue weighted by Crippen LogP contribution is -2.47. The Morgan fingerprint density at radius 1 is 1.46 bits per heavy atom. The van der Waals surface area contributed by atoms with Crippen LogP contribution in [0.3, 0.4) is 0 Å².